The summed E-state index contributed by atoms with van der Waals surface area (Å²) in [6.45, 7) is 2.03. The SMILES string of the molecule is Cc1ccccc1Nc1nc(-c2ccc(N)cc2)co1. The Morgan fingerprint density at radius 1 is 1.05 bits per heavy atom. The summed E-state index contributed by atoms with van der Waals surface area (Å²) in [6.07, 6.45) is 1.63. The average molecular weight is 265 g/mol. The largest absolute Gasteiger partial charge is 0.431 e. The fraction of sp³-hybridized carbons (Fsp3) is 0.0625. The molecular weight excluding hydrogens is 250 g/mol. The highest BCUT2D eigenvalue weighted by Gasteiger charge is 2.07. The van der Waals surface area contributed by atoms with Crippen LogP contribution in [-0.4, -0.2) is 4.98 Å². The molecule has 0 spiro atoms. The van der Waals surface area contributed by atoms with Crippen molar-refractivity contribution in [3.8, 4) is 11.3 Å². The number of rotatable bonds is 3. The second-order valence-corrected chi connectivity index (χ2v) is 4.60. The van der Waals surface area contributed by atoms with Gasteiger partial charge in [-0.2, -0.15) is 4.98 Å². The number of oxazole rings is 1. The number of nitrogens with two attached hydrogens (primary N) is 1. The molecule has 0 atom stereocenters. The van der Waals surface area contributed by atoms with Crippen LogP contribution in [0.1, 0.15) is 5.56 Å². The minimum Gasteiger partial charge on any atom is -0.431 e. The Kier molecular flexibility index (Phi) is 3.13. The maximum absolute atomic E-state index is 5.67. The summed E-state index contributed by atoms with van der Waals surface area (Å²) in [7, 11) is 0. The predicted molar refractivity (Wildman–Crippen MR) is 80.8 cm³/mol. The first-order valence-electron chi connectivity index (χ1n) is 6.36. The Labute approximate surface area is 117 Å². The Balaban J connectivity index is 1.84. The van der Waals surface area contributed by atoms with E-state index in [1.807, 2.05) is 55.5 Å². The van der Waals surface area contributed by atoms with E-state index in [9.17, 15) is 0 Å². The number of anilines is 3. The molecule has 0 saturated heterocycles. The van der Waals surface area contributed by atoms with Crippen LogP contribution in [0.3, 0.4) is 0 Å². The Hall–Kier alpha value is -2.75. The van der Waals surface area contributed by atoms with Crippen molar-refractivity contribution in [3.05, 3.63) is 60.4 Å². The van der Waals surface area contributed by atoms with Gasteiger partial charge in [0, 0.05) is 16.9 Å². The summed E-state index contributed by atoms with van der Waals surface area (Å²) in [4.78, 5) is 4.43. The van der Waals surface area contributed by atoms with Gasteiger partial charge in [0.2, 0.25) is 0 Å². The molecule has 3 aromatic rings. The first-order valence-corrected chi connectivity index (χ1v) is 6.36. The number of hydrogen-bond donors (Lipinski definition) is 2. The minimum absolute atomic E-state index is 0.478. The lowest BCUT2D eigenvalue weighted by Crippen LogP contribution is -1.92. The standard InChI is InChI=1S/C16H15N3O/c1-11-4-2-3-5-14(11)18-16-19-15(10-20-16)12-6-8-13(17)9-7-12/h2-10H,17H2,1H3,(H,18,19). The lowest BCUT2D eigenvalue weighted by Gasteiger charge is -2.04. The third-order valence-corrected chi connectivity index (χ3v) is 3.10. The summed E-state index contributed by atoms with van der Waals surface area (Å²) >= 11 is 0. The van der Waals surface area contributed by atoms with Crippen molar-refractivity contribution < 1.29 is 4.42 Å². The highest BCUT2D eigenvalue weighted by molar-refractivity contribution is 5.64. The maximum atomic E-state index is 5.67. The third kappa shape index (κ3) is 2.49. The van der Waals surface area contributed by atoms with Gasteiger partial charge in [0.1, 0.15) is 12.0 Å². The van der Waals surface area contributed by atoms with Gasteiger partial charge in [0.25, 0.3) is 6.01 Å². The van der Waals surface area contributed by atoms with E-state index in [4.69, 9.17) is 10.2 Å². The van der Waals surface area contributed by atoms with Crippen LogP contribution in [0.5, 0.6) is 0 Å². The second-order valence-electron chi connectivity index (χ2n) is 4.60. The van der Waals surface area contributed by atoms with Crippen molar-refractivity contribution in [1.29, 1.82) is 0 Å². The second kappa shape index (κ2) is 5.09. The van der Waals surface area contributed by atoms with Crippen LogP contribution >= 0.6 is 0 Å². The molecule has 0 saturated carbocycles. The highest BCUT2D eigenvalue weighted by Crippen LogP contribution is 2.24. The molecular formula is C16H15N3O. The molecule has 1 aromatic heterocycles. The summed E-state index contributed by atoms with van der Waals surface area (Å²) in [5.41, 5.74) is 10.3. The van der Waals surface area contributed by atoms with Crippen molar-refractivity contribution in [2.24, 2.45) is 0 Å². The van der Waals surface area contributed by atoms with E-state index in [2.05, 4.69) is 10.3 Å². The van der Waals surface area contributed by atoms with Crippen molar-refractivity contribution in [2.45, 2.75) is 6.92 Å². The molecule has 0 radical (unpaired) electrons. The molecule has 0 bridgehead atoms. The molecule has 4 nitrogen and oxygen atoms in total. The molecule has 0 aliphatic rings. The zero-order valence-corrected chi connectivity index (χ0v) is 11.1. The average Bonchev–Trinajstić information content (AvgIpc) is 2.91. The van der Waals surface area contributed by atoms with E-state index in [0.717, 1.165) is 28.2 Å². The van der Waals surface area contributed by atoms with Gasteiger partial charge in [-0.05, 0) is 30.7 Å². The Morgan fingerprint density at radius 3 is 2.55 bits per heavy atom. The smallest absolute Gasteiger partial charge is 0.299 e. The number of benzene rings is 2. The molecule has 0 amide bonds. The fourth-order valence-corrected chi connectivity index (χ4v) is 1.95. The van der Waals surface area contributed by atoms with Crippen molar-refractivity contribution in [1.82, 2.24) is 4.98 Å². The normalized spacial score (nSPS) is 10.4. The molecule has 3 N–H and O–H groups in total. The van der Waals surface area contributed by atoms with E-state index < -0.39 is 0 Å². The third-order valence-electron chi connectivity index (χ3n) is 3.10. The van der Waals surface area contributed by atoms with Crippen LogP contribution in [0.4, 0.5) is 17.4 Å². The maximum Gasteiger partial charge on any atom is 0.299 e. The molecule has 20 heavy (non-hydrogen) atoms. The summed E-state index contributed by atoms with van der Waals surface area (Å²) in [5, 5.41) is 3.17. The topological polar surface area (TPSA) is 64.1 Å². The summed E-state index contributed by atoms with van der Waals surface area (Å²) in [6, 6.07) is 16.0. The summed E-state index contributed by atoms with van der Waals surface area (Å²) < 4.78 is 5.45. The van der Waals surface area contributed by atoms with Crippen molar-refractivity contribution >= 4 is 17.4 Å². The fourth-order valence-electron chi connectivity index (χ4n) is 1.95. The molecule has 3 rings (SSSR count). The molecule has 2 aromatic carbocycles. The molecule has 0 unspecified atom stereocenters. The van der Waals surface area contributed by atoms with Crippen molar-refractivity contribution in [2.75, 3.05) is 11.1 Å². The van der Waals surface area contributed by atoms with E-state index in [0.29, 0.717) is 6.01 Å². The number of nitrogens with one attached hydrogen (secondary N) is 1. The van der Waals surface area contributed by atoms with E-state index in [1.165, 1.54) is 0 Å². The molecule has 4 heteroatoms. The van der Waals surface area contributed by atoms with Gasteiger partial charge in [-0.3, -0.25) is 0 Å². The van der Waals surface area contributed by atoms with Gasteiger partial charge in [0.05, 0.1) is 0 Å². The van der Waals surface area contributed by atoms with E-state index in [-0.39, 0.29) is 0 Å². The number of para-hydroxylation sites is 1. The van der Waals surface area contributed by atoms with Gasteiger partial charge in [-0.1, -0.05) is 30.3 Å². The lowest BCUT2D eigenvalue weighted by molar-refractivity contribution is 0.578. The Morgan fingerprint density at radius 2 is 1.80 bits per heavy atom. The Bertz CT molecular complexity index is 717. The van der Waals surface area contributed by atoms with Crippen LogP contribution in [0, 0.1) is 6.92 Å². The van der Waals surface area contributed by atoms with Gasteiger partial charge in [-0.25, -0.2) is 0 Å². The monoisotopic (exact) mass is 265 g/mol. The van der Waals surface area contributed by atoms with Gasteiger partial charge in [-0.15, -0.1) is 0 Å². The van der Waals surface area contributed by atoms with Crippen molar-refractivity contribution in [3.63, 3.8) is 0 Å². The number of hydrogen-bond acceptors (Lipinski definition) is 4. The number of aryl methyl sites for hydroxylation is 1. The molecule has 1 heterocycles. The first kappa shape index (κ1) is 12.3. The van der Waals surface area contributed by atoms with E-state index in [1.54, 1.807) is 6.26 Å². The highest BCUT2D eigenvalue weighted by atomic mass is 16.4. The molecule has 0 fully saturated rings. The number of aromatic nitrogens is 1. The molecule has 0 aliphatic carbocycles. The summed E-state index contributed by atoms with van der Waals surface area (Å²) in [5.74, 6) is 0. The zero-order chi connectivity index (χ0) is 13.9. The predicted octanol–water partition coefficient (Wildman–Crippen LogP) is 3.98. The zero-order valence-electron chi connectivity index (χ0n) is 11.1. The van der Waals surface area contributed by atoms with Gasteiger partial charge in [0.15, 0.2) is 0 Å². The van der Waals surface area contributed by atoms with Crippen LogP contribution in [0.15, 0.2) is 59.2 Å². The number of nitrogens with zero attached hydrogens (tertiary/aromatic N) is 1. The quantitative estimate of drug-likeness (QED) is 0.703. The van der Waals surface area contributed by atoms with Gasteiger partial charge >= 0.3 is 0 Å². The molecule has 100 valence electrons. The van der Waals surface area contributed by atoms with Crippen LogP contribution in [-0.2, 0) is 0 Å². The minimum atomic E-state index is 0.478. The van der Waals surface area contributed by atoms with E-state index >= 15 is 0 Å². The number of nitrogen functional groups attached to an aromatic ring is 1. The lowest BCUT2D eigenvalue weighted by atomic mass is 10.1. The van der Waals surface area contributed by atoms with Crippen LogP contribution in [0.2, 0.25) is 0 Å². The first-order chi connectivity index (χ1) is 9.72. The van der Waals surface area contributed by atoms with Crippen LogP contribution < -0.4 is 11.1 Å². The molecule has 0 aliphatic heterocycles. The van der Waals surface area contributed by atoms with Crippen LogP contribution in [0.25, 0.3) is 11.3 Å². The van der Waals surface area contributed by atoms with Gasteiger partial charge < -0.3 is 15.5 Å².